The van der Waals surface area contributed by atoms with Crippen LogP contribution in [-0.4, -0.2) is 32.4 Å². The van der Waals surface area contributed by atoms with Crippen LogP contribution in [0.4, 0.5) is 5.69 Å². The number of hydrogen-bond donors (Lipinski definition) is 2. The van der Waals surface area contributed by atoms with Crippen LogP contribution in [0.5, 0.6) is 0 Å². The number of fused-ring (bicyclic) bond motifs is 3. The molecule has 0 atom stereocenters. The maximum Gasteiger partial charge on any atom is 0.335 e. The minimum absolute atomic E-state index is 0.263. The van der Waals surface area contributed by atoms with Crippen molar-refractivity contribution in [2.75, 3.05) is 11.9 Å². The lowest BCUT2D eigenvalue weighted by Gasteiger charge is -2.08. The topological polar surface area (TPSA) is 80.0 Å². The Balaban J connectivity index is 1.49. The maximum atomic E-state index is 11.0. The Hall–Kier alpha value is -3.90. The SMILES string of the molecule is O=C(O)c1ccc(NCCc2nc3cc(Cl)ccc3c3nn(-c4ccccc4)cc23)cc1. The van der Waals surface area contributed by atoms with Gasteiger partial charge in [0, 0.05) is 40.6 Å². The molecule has 0 aliphatic heterocycles. The van der Waals surface area contributed by atoms with Crippen LogP contribution in [0.2, 0.25) is 5.02 Å². The van der Waals surface area contributed by atoms with Gasteiger partial charge in [0.05, 0.1) is 22.5 Å². The highest BCUT2D eigenvalue weighted by Gasteiger charge is 2.14. The van der Waals surface area contributed by atoms with E-state index in [1.807, 2.05) is 59.4 Å². The summed E-state index contributed by atoms with van der Waals surface area (Å²) in [6.07, 6.45) is 2.68. The van der Waals surface area contributed by atoms with Crippen molar-refractivity contribution >= 4 is 45.1 Å². The van der Waals surface area contributed by atoms with Crippen molar-refractivity contribution in [3.63, 3.8) is 0 Å². The molecule has 0 radical (unpaired) electrons. The number of carbonyl (C=O) groups is 1. The molecular weight excluding hydrogens is 424 g/mol. The minimum atomic E-state index is -0.937. The van der Waals surface area contributed by atoms with Gasteiger partial charge in [0.25, 0.3) is 0 Å². The number of aromatic carboxylic acids is 1. The standard InChI is InChI=1S/C25H19ClN4O2/c26-17-8-11-20-23(14-17)28-22(12-13-27-18-9-6-16(7-10-18)25(31)32)21-15-30(29-24(20)21)19-4-2-1-3-5-19/h1-11,14-15,27H,12-13H2,(H,31,32). The van der Waals surface area contributed by atoms with Gasteiger partial charge in [0.2, 0.25) is 0 Å². The smallest absolute Gasteiger partial charge is 0.335 e. The van der Waals surface area contributed by atoms with E-state index < -0.39 is 5.97 Å². The summed E-state index contributed by atoms with van der Waals surface area (Å²) in [4.78, 5) is 15.9. The molecule has 32 heavy (non-hydrogen) atoms. The summed E-state index contributed by atoms with van der Waals surface area (Å²) in [6.45, 7) is 0.636. The molecule has 0 fully saturated rings. The average Bonchev–Trinajstić information content (AvgIpc) is 3.26. The van der Waals surface area contributed by atoms with Crippen molar-refractivity contribution in [2.45, 2.75) is 6.42 Å². The van der Waals surface area contributed by atoms with Crippen LogP contribution in [0, 0.1) is 0 Å². The van der Waals surface area contributed by atoms with Crippen LogP contribution in [-0.2, 0) is 6.42 Å². The second-order valence-electron chi connectivity index (χ2n) is 7.45. The Kier molecular flexibility index (Phi) is 5.21. The van der Waals surface area contributed by atoms with E-state index in [1.165, 1.54) is 0 Å². The summed E-state index contributed by atoms with van der Waals surface area (Å²) in [6, 6.07) is 22.4. The molecule has 0 spiro atoms. The molecule has 7 heteroatoms. The number of halogens is 1. The molecule has 158 valence electrons. The van der Waals surface area contributed by atoms with Crippen molar-refractivity contribution in [1.29, 1.82) is 0 Å². The van der Waals surface area contributed by atoms with Gasteiger partial charge in [-0.15, -0.1) is 0 Å². The van der Waals surface area contributed by atoms with E-state index in [2.05, 4.69) is 5.32 Å². The van der Waals surface area contributed by atoms with Crippen LogP contribution in [0.15, 0.2) is 79.0 Å². The summed E-state index contributed by atoms with van der Waals surface area (Å²) in [5, 5.41) is 19.8. The summed E-state index contributed by atoms with van der Waals surface area (Å²) >= 11 is 6.22. The zero-order chi connectivity index (χ0) is 22.1. The van der Waals surface area contributed by atoms with E-state index in [0.717, 1.165) is 38.9 Å². The lowest BCUT2D eigenvalue weighted by Crippen LogP contribution is -2.07. The number of carboxylic acid groups (broad SMARTS) is 1. The van der Waals surface area contributed by atoms with Crippen molar-refractivity contribution in [3.8, 4) is 5.69 Å². The minimum Gasteiger partial charge on any atom is -0.478 e. The largest absolute Gasteiger partial charge is 0.478 e. The third-order valence-corrected chi connectivity index (χ3v) is 5.57. The van der Waals surface area contributed by atoms with Gasteiger partial charge < -0.3 is 10.4 Å². The monoisotopic (exact) mass is 442 g/mol. The summed E-state index contributed by atoms with van der Waals surface area (Å²) < 4.78 is 1.88. The molecule has 0 saturated carbocycles. The number of aromatic nitrogens is 3. The van der Waals surface area contributed by atoms with Crippen molar-refractivity contribution in [1.82, 2.24) is 14.8 Å². The molecule has 5 aromatic rings. The Bertz CT molecular complexity index is 1430. The zero-order valence-electron chi connectivity index (χ0n) is 17.0. The van der Waals surface area contributed by atoms with Crippen LogP contribution in [0.3, 0.4) is 0 Å². The predicted molar refractivity (Wildman–Crippen MR) is 127 cm³/mol. The van der Waals surface area contributed by atoms with Crippen LogP contribution < -0.4 is 5.32 Å². The number of hydrogen-bond acceptors (Lipinski definition) is 4. The molecule has 2 N–H and O–H groups in total. The Morgan fingerprint density at radius 3 is 2.53 bits per heavy atom. The number of rotatable bonds is 6. The second-order valence-corrected chi connectivity index (χ2v) is 7.89. The molecular formula is C25H19ClN4O2. The van der Waals surface area contributed by atoms with Crippen molar-refractivity contribution < 1.29 is 9.90 Å². The molecule has 2 aromatic heterocycles. The fourth-order valence-corrected chi connectivity index (χ4v) is 3.91. The van der Waals surface area contributed by atoms with Gasteiger partial charge in [-0.3, -0.25) is 4.98 Å². The summed E-state index contributed by atoms with van der Waals surface area (Å²) in [5.74, 6) is -0.937. The van der Waals surface area contributed by atoms with E-state index in [-0.39, 0.29) is 5.56 Å². The van der Waals surface area contributed by atoms with Crippen molar-refractivity contribution in [2.24, 2.45) is 0 Å². The van der Waals surface area contributed by atoms with E-state index in [1.54, 1.807) is 24.3 Å². The van der Waals surface area contributed by atoms with Crippen LogP contribution in [0.1, 0.15) is 16.1 Å². The molecule has 5 rings (SSSR count). The van der Waals surface area contributed by atoms with E-state index in [4.69, 9.17) is 26.8 Å². The van der Waals surface area contributed by atoms with Crippen LogP contribution in [0.25, 0.3) is 27.5 Å². The third kappa shape index (κ3) is 3.88. The number of benzene rings is 3. The number of nitrogens with zero attached hydrogens (tertiary/aromatic N) is 3. The van der Waals surface area contributed by atoms with Gasteiger partial charge in [-0.2, -0.15) is 5.10 Å². The Morgan fingerprint density at radius 2 is 1.78 bits per heavy atom. The molecule has 0 amide bonds. The first kappa shape index (κ1) is 20.0. The Labute approximate surface area is 189 Å². The third-order valence-electron chi connectivity index (χ3n) is 5.34. The molecule has 0 aliphatic rings. The van der Waals surface area contributed by atoms with Crippen LogP contribution >= 0.6 is 11.6 Å². The van der Waals surface area contributed by atoms with Gasteiger partial charge >= 0.3 is 5.97 Å². The van der Waals surface area contributed by atoms with E-state index in [9.17, 15) is 4.79 Å². The van der Waals surface area contributed by atoms with E-state index >= 15 is 0 Å². The highest BCUT2D eigenvalue weighted by molar-refractivity contribution is 6.31. The van der Waals surface area contributed by atoms with Crippen molar-refractivity contribution in [3.05, 3.63) is 95.3 Å². The first-order valence-corrected chi connectivity index (χ1v) is 10.6. The lowest BCUT2D eigenvalue weighted by molar-refractivity contribution is 0.0697. The highest BCUT2D eigenvalue weighted by atomic mass is 35.5. The normalized spacial score (nSPS) is 11.2. The fourth-order valence-electron chi connectivity index (χ4n) is 3.75. The first-order chi connectivity index (χ1) is 15.6. The predicted octanol–water partition coefficient (Wildman–Crippen LogP) is 5.58. The van der Waals surface area contributed by atoms with Gasteiger partial charge in [-0.05, 0) is 54.6 Å². The molecule has 6 nitrogen and oxygen atoms in total. The molecule has 0 unspecified atom stereocenters. The van der Waals surface area contributed by atoms with Gasteiger partial charge in [-0.25, -0.2) is 9.48 Å². The highest BCUT2D eigenvalue weighted by Crippen LogP contribution is 2.28. The lowest BCUT2D eigenvalue weighted by atomic mass is 10.1. The molecule has 2 heterocycles. The van der Waals surface area contributed by atoms with E-state index in [0.29, 0.717) is 18.0 Å². The number of nitrogens with one attached hydrogen (secondary N) is 1. The number of carboxylic acids is 1. The van der Waals surface area contributed by atoms with Gasteiger partial charge in [-0.1, -0.05) is 29.8 Å². The summed E-state index contributed by atoms with van der Waals surface area (Å²) in [5.41, 5.74) is 4.72. The summed E-state index contributed by atoms with van der Waals surface area (Å²) in [7, 11) is 0. The fraction of sp³-hybridized carbons (Fsp3) is 0.0800. The number of anilines is 1. The number of pyridine rings is 1. The Morgan fingerprint density at radius 1 is 1.00 bits per heavy atom. The molecule has 0 bridgehead atoms. The van der Waals surface area contributed by atoms with Gasteiger partial charge in [0.15, 0.2) is 0 Å². The number of para-hydroxylation sites is 1. The van der Waals surface area contributed by atoms with Gasteiger partial charge in [0.1, 0.15) is 5.52 Å². The maximum absolute atomic E-state index is 11.0. The molecule has 3 aromatic carbocycles. The average molecular weight is 443 g/mol. The first-order valence-electron chi connectivity index (χ1n) is 10.2. The quantitative estimate of drug-likeness (QED) is 0.359. The molecule has 0 aliphatic carbocycles. The second kappa shape index (κ2) is 8.32. The molecule has 0 saturated heterocycles. The zero-order valence-corrected chi connectivity index (χ0v) is 17.8.